The molecule has 1 saturated carbocycles. The van der Waals surface area contributed by atoms with Crippen molar-refractivity contribution in [1.82, 2.24) is 14.8 Å². The van der Waals surface area contributed by atoms with Crippen LogP contribution in [0.2, 0.25) is 0 Å². The van der Waals surface area contributed by atoms with E-state index in [1.165, 1.54) is 18.4 Å². The van der Waals surface area contributed by atoms with Gasteiger partial charge in [0.25, 0.3) is 5.91 Å². The van der Waals surface area contributed by atoms with Crippen LogP contribution in [0, 0.1) is 5.92 Å². The molecule has 1 amide bonds. The molecular formula is C34H39N3O6. The first-order chi connectivity index (χ1) is 21.0. The lowest BCUT2D eigenvalue weighted by atomic mass is 9.91. The van der Waals surface area contributed by atoms with Crippen LogP contribution in [-0.4, -0.2) is 78.2 Å². The van der Waals surface area contributed by atoms with Gasteiger partial charge in [0.1, 0.15) is 24.7 Å². The van der Waals surface area contributed by atoms with Crippen molar-refractivity contribution in [2.75, 3.05) is 46.4 Å². The highest BCUT2D eigenvalue weighted by Crippen LogP contribution is 2.40. The summed E-state index contributed by atoms with van der Waals surface area (Å²) in [6, 6.07) is 18.2. The predicted molar refractivity (Wildman–Crippen MR) is 161 cm³/mol. The minimum atomic E-state index is -0.707. The van der Waals surface area contributed by atoms with E-state index < -0.39 is 5.97 Å². The topological polar surface area (TPSA) is 101 Å². The summed E-state index contributed by atoms with van der Waals surface area (Å²) in [4.78, 5) is 32.6. The number of pyridine rings is 1. The highest BCUT2D eigenvalue weighted by atomic mass is 16.5. The lowest BCUT2D eigenvalue weighted by molar-refractivity contribution is -0.143. The Morgan fingerprint density at radius 3 is 2.33 bits per heavy atom. The van der Waals surface area contributed by atoms with Gasteiger partial charge < -0.3 is 24.2 Å². The number of rotatable bonds is 12. The molecule has 1 N–H and O–H groups in total. The maximum atomic E-state index is 13.1. The van der Waals surface area contributed by atoms with Crippen molar-refractivity contribution >= 4 is 11.9 Å². The molecule has 3 fully saturated rings. The predicted octanol–water partition coefficient (Wildman–Crippen LogP) is 4.96. The number of ether oxygens (including phenoxy) is 3. The number of likely N-dealkylation sites (tertiary alicyclic amines) is 2. The van der Waals surface area contributed by atoms with E-state index in [0.29, 0.717) is 68.6 Å². The molecule has 9 nitrogen and oxygen atoms in total. The van der Waals surface area contributed by atoms with E-state index >= 15 is 0 Å². The maximum Gasteiger partial charge on any atom is 0.306 e. The van der Waals surface area contributed by atoms with Gasteiger partial charge in [0, 0.05) is 37.8 Å². The Morgan fingerprint density at radius 1 is 0.884 bits per heavy atom. The van der Waals surface area contributed by atoms with Gasteiger partial charge in [-0.25, -0.2) is 0 Å². The first-order valence-corrected chi connectivity index (χ1v) is 15.2. The molecule has 3 aromatic rings. The molecule has 3 heterocycles. The summed E-state index contributed by atoms with van der Waals surface area (Å²) in [7, 11) is 1.65. The summed E-state index contributed by atoms with van der Waals surface area (Å²) in [5, 5.41) is 9.16. The molecule has 1 aliphatic carbocycles. The van der Waals surface area contributed by atoms with Crippen molar-refractivity contribution in [2.45, 2.75) is 44.1 Å². The van der Waals surface area contributed by atoms with Gasteiger partial charge in [-0.15, -0.1) is 0 Å². The van der Waals surface area contributed by atoms with Crippen molar-refractivity contribution in [3.05, 3.63) is 83.2 Å². The van der Waals surface area contributed by atoms with Crippen molar-refractivity contribution in [1.29, 1.82) is 0 Å². The molecule has 2 aromatic carbocycles. The number of carbonyl (C=O) groups is 2. The number of carbonyl (C=O) groups excluding carboxylic acids is 1. The second-order valence-electron chi connectivity index (χ2n) is 11.8. The number of nitrogens with zero attached hydrogens (tertiary/aromatic N) is 3. The average molecular weight is 586 g/mol. The number of aromatic nitrogens is 1. The fourth-order valence-electron chi connectivity index (χ4n) is 5.85. The molecule has 0 unspecified atom stereocenters. The molecule has 2 aliphatic heterocycles. The number of benzene rings is 2. The Kier molecular flexibility index (Phi) is 8.79. The zero-order valence-corrected chi connectivity index (χ0v) is 24.6. The Morgan fingerprint density at radius 2 is 1.63 bits per heavy atom. The summed E-state index contributed by atoms with van der Waals surface area (Å²) in [6.45, 7) is 4.39. The molecule has 2 saturated heterocycles. The monoisotopic (exact) mass is 585 g/mol. The van der Waals surface area contributed by atoms with Crippen LogP contribution in [0.4, 0.5) is 0 Å². The van der Waals surface area contributed by atoms with Crippen molar-refractivity contribution in [3.8, 4) is 17.2 Å². The number of amides is 1. The van der Waals surface area contributed by atoms with Gasteiger partial charge in [0.15, 0.2) is 11.5 Å². The quantitative estimate of drug-likeness (QED) is 0.318. The SMILES string of the molecule is COc1cc(C2CN(C(=O)c3cc(OCCN4CCC(C(=O)O)CC4)ccn3)C2)ccc1OCc1ccc(C2CC2)cc1. The highest BCUT2D eigenvalue weighted by Gasteiger charge is 2.33. The van der Waals surface area contributed by atoms with E-state index in [1.807, 2.05) is 12.1 Å². The third-order valence-electron chi connectivity index (χ3n) is 8.81. The van der Waals surface area contributed by atoms with Crippen molar-refractivity contribution < 1.29 is 28.9 Å². The van der Waals surface area contributed by atoms with Gasteiger partial charge in [-0.3, -0.25) is 19.5 Å². The van der Waals surface area contributed by atoms with E-state index in [4.69, 9.17) is 19.3 Å². The van der Waals surface area contributed by atoms with E-state index in [0.717, 1.165) is 30.1 Å². The molecular weight excluding hydrogens is 546 g/mol. The van der Waals surface area contributed by atoms with Gasteiger partial charge in [-0.2, -0.15) is 0 Å². The van der Waals surface area contributed by atoms with Crippen LogP contribution >= 0.6 is 0 Å². The molecule has 0 radical (unpaired) electrons. The first kappa shape index (κ1) is 29.0. The molecule has 43 heavy (non-hydrogen) atoms. The lowest BCUT2D eigenvalue weighted by Crippen LogP contribution is -2.48. The zero-order chi connectivity index (χ0) is 29.8. The molecule has 0 atom stereocenters. The second-order valence-corrected chi connectivity index (χ2v) is 11.8. The maximum absolute atomic E-state index is 13.1. The summed E-state index contributed by atoms with van der Waals surface area (Å²) < 4.78 is 17.6. The number of carboxylic acid groups (broad SMARTS) is 1. The number of carboxylic acids is 1. The van der Waals surface area contributed by atoms with E-state index in [9.17, 15) is 9.59 Å². The first-order valence-electron chi connectivity index (χ1n) is 15.2. The largest absolute Gasteiger partial charge is 0.493 e. The minimum Gasteiger partial charge on any atom is -0.493 e. The van der Waals surface area contributed by atoms with Crippen LogP contribution in [0.3, 0.4) is 0 Å². The van der Waals surface area contributed by atoms with Crippen LogP contribution in [-0.2, 0) is 11.4 Å². The van der Waals surface area contributed by atoms with E-state index in [1.54, 1.807) is 30.3 Å². The third-order valence-corrected chi connectivity index (χ3v) is 8.81. The molecule has 6 rings (SSSR count). The third kappa shape index (κ3) is 7.10. The lowest BCUT2D eigenvalue weighted by Gasteiger charge is -2.39. The Bertz CT molecular complexity index is 1430. The zero-order valence-electron chi connectivity index (χ0n) is 24.6. The van der Waals surface area contributed by atoms with Crippen LogP contribution < -0.4 is 14.2 Å². The molecule has 226 valence electrons. The van der Waals surface area contributed by atoms with Crippen molar-refractivity contribution in [2.24, 2.45) is 5.92 Å². The number of hydrogen-bond acceptors (Lipinski definition) is 7. The van der Waals surface area contributed by atoms with E-state index in [-0.39, 0.29) is 17.7 Å². The minimum absolute atomic E-state index is 0.114. The van der Waals surface area contributed by atoms with Crippen LogP contribution in [0.25, 0.3) is 0 Å². The summed E-state index contributed by atoms with van der Waals surface area (Å²) in [6.07, 6.45) is 5.53. The van der Waals surface area contributed by atoms with Gasteiger partial charge >= 0.3 is 5.97 Å². The molecule has 9 heteroatoms. The van der Waals surface area contributed by atoms with Crippen molar-refractivity contribution in [3.63, 3.8) is 0 Å². The standard InChI is InChI=1S/C34H39N3O6/c1-41-32-18-27(8-9-31(32)43-22-23-2-4-24(5-3-23)25-6-7-25)28-20-37(21-28)33(38)30-19-29(10-13-35-30)42-17-16-36-14-11-26(12-15-36)34(39)40/h2-5,8-10,13,18-19,25-26,28H,6-7,11-12,14-17,20-22H2,1H3,(H,39,40). The Hall–Kier alpha value is -4.11. The highest BCUT2D eigenvalue weighted by molar-refractivity contribution is 5.93. The fourth-order valence-corrected chi connectivity index (χ4v) is 5.85. The Balaban J connectivity index is 0.969. The van der Waals surface area contributed by atoms with Crippen LogP contribution in [0.1, 0.15) is 64.7 Å². The average Bonchev–Trinajstić information content (AvgIpc) is 3.86. The smallest absolute Gasteiger partial charge is 0.306 e. The fraction of sp³-hybridized carbons (Fsp3) is 0.441. The number of methoxy groups -OCH3 is 1. The Labute approximate surface area is 252 Å². The normalized spacial score (nSPS) is 17.7. The molecule has 0 spiro atoms. The number of aliphatic carboxylic acids is 1. The van der Waals surface area contributed by atoms with Crippen LogP contribution in [0.5, 0.6) is 17.2 Å². The molecule has 3 aliphatic rings. The summed E-state index contributed by atoms with van der Waals surface area (Å²) >= 11 is 0. The summed E-state index contributed by atoms with van der Waals surface area (Å²) in [5.41, 5.74) is 4.02. The van der Waals surface area contributed by atoms with E-state index in [2.05, 4.69) is 40.2 Å². The number of piperidine rings is 1. The van der Waals surface area contributed by atoms with Gasteiger partial charge in [0.2, 0.25) is 0 Å². The molecule has 1 aromatic heterocycles. The van der Waals surface area contributed by atoms with Crippen LogP contribution in [0.15, 0.2) is 60.8 Å². The second kappa shape index (κ2) is 13.0. The van der Waals surface area contributed by atoms with Gasteiger partial charge in [-0.1, -0.05) is 30.3 Å². The number of hydrogen-bond donors (Lipinski definition) is 1. The summed E-state index contributed by atoms with van der Waals surface area (Å²) in [5.74, 6) is 1.90. The van der Waals surface area contributed by atoms with Gasteiger partial charge in [0.05, 0.1) is 13.0 Å². The molecule has 0 bridgehead atoms. The van der Waals surface area contributed by atoms with Gasteiger partial charge in [-0.05, 0) is 79.6 Å².